The number of aliphatic hydroxyl groups excluding tert-OH is 1. The van der Waals surface area contributed by atoms with Crippen LogP contribution >= 0.6 is 0 Å². The molecule has 3 aromatic carbocycles. The molecule has 1 aliphatic carbocycles. The Balaban J connectivity index is 0.000000322. The Morgan fingerprint density at radius 1 is 1.00 bits per heavy atom. The number of rotatable bonds is 7. The van der Waals surface area contributed by atoms with Crippen LogP contribution in [-0.4, -0.2) is 28.9 Å². The molecule has 1 saturated carbocycles. The van der Waals surface area contributed by atoms with Crippen LogP contribution in [0.15, 0.2) is 54.6 Å². The Morgan fingerprint density at radius 2 is 1.64 bits per heavy atom. The SMILES string of the molecule is CCC(C)(CC)/C(O)=C/C(=O)C(C)(C)C.Cc1cc2ccc3c(-c4[c-]cc([Si](C)(C)C)cc4)ncnc3c2c(C)c1C1CCCC1.[Ir]. The topological polar surface area (TPSA) is 63.1 Å². The summed E-state index contributed by atoms with van der Waals surface area (Å²) in [7, 11) is -1.34. The van der Waals surface area contributed by atoms with Crippen molar-refractivity contribution in [1.29, 1.82) is 0 Å². The molecule has 4 nitrogen and oxygen atoms in total. The van der Waals surface area contributed by atoms with Gasteiger partial charge in [0.2, 0.25) is 0 Å². The van der Waals surface area contributed by atoms with Crippen molar-refractivity contribution in [2.45, 2.75) is 119 Å². The average molecular weight is 828 g/mol. The summed E-state index contributed by atoms with van der Waals surface area (Å²) in [5, 5.41) is 15.1. The van der Waals surface area contributed by atoms with E-state index in [-0.39, 0.29) is 37.1 Å². The summed E-state index contributed by atoms with van der Waals surface area (Å²) < 4.78 is 0. The van der Waals surface area contributed by atoms with Gasteiger partial charge in [-0.15, -0.1) is 35.0 Å². The van der Waals surface area contributed by atoms with Crippen molar-refractivity contribution < 1.29 is 30.0 Å². The summed E-state index contributed by atoms with van der Waals surface area (Å²) in [4.78, 5) is 21.2. The van der Waals surface area contributed by atoms with Gasteiger partial charge in [-0.2, -0.15) is 0 Å². The minimum Gasteiger partial charge on any atom is -0.512 e. The van der Waals surface area contributed by atoms with Crippen LogP contribution in [0.5, 0.6) is 0 Å². The van der Waals surface area contributed by atoms with E-state index in [9.17, 15) is 9.90 Å². The predicted molar refractivity (Wildman–Crippen MR) is 199 cm³/mol. The van der Waals surface area contributed by atoms with Gasteiger partial charge in [-0.05, 0) is 78.6 Å². The number of aromatic nitrogens is 2. The second-order valence-electron chi connectivity index (χ2n) is 15.6. The third-order valence-corrected chi connectivity index (χ3v) is 12.3. The molecule has 4 aromatic rings. The summed E-state index contributed by atoms with van der Waals surface area (Å²) in [6.07, 6.45) is 10.1. The first-order chi connectivity index (χ1) is 21.5. The van der Waals surface area contributed by atoms with E-state index in [4.69, 9.17) is 9.97 Å². The zero-order chi connectivity index (χ0) is 34.0. The van der Waals surface area contributed by atoms with Crippen LogP contribution in [0.3, 0.4) is 0 Å². The van der Waals surface area contributed by atoms with Crippen molar-refractivity contribution in [2.24, 2.45) is 10.8 Å². The minimum atomic E-state index is -1.34. The molecule has 1 N–H and O–H groups in total. The summed E-state index contributed by atoms with van der Waals surface area (Å²) in [5.74, 6) is 0.893. The van der Waals surface area contributed by atoms with Crippen LogP contribution < -0.4 is 5.19 Å². The van der Waals surface area contributed by atoms with Crippen molar-refractivity contribution in [3.63, 3.8) is 0 Å². The fourth-order valence-corrected chi connectivity index (χ4v) is 7.71. The zero-order valence-corrected chi connectivity index (χ0v) is 33.9. The number of aliphatic hydroxyl groups is 1. The summed E-state index contributed by atoms with van der Waals surface area (Å²) in [6.45, 7) is 23.3. The van der Waals surface area contributed by atoms with E-state index in [1.54, 1.807) is 11.9 Å². The fraction of sp³-hybridized carbons (Fsp3) is 0.488. The van der Waals surface area contributed by atoms with Gasteiger partial charge < -0.3 is 5.11 Å². The number of nitrogens with zero attached hydrogens (tertiary/aromatic N) is 2. The maximum absolute atomic E-state index is 11.7. The van der Waals surface area contributed by atoms with Gasteiger partial charge in [0.15, 0.2) is 5.78 Å². The van der Waals surface area contributed by atoms with Gasteiger partial charge in [-0.1, -0.05) is 92.2 Å². The standard InChI is InChI=1S/C28H31N2Si.C13H24O2.Ir/c1-18-16-22-12-15-24-27(21-10-13-23(14-11-21)31(3,4)5)29-17-30-28(24)26(22)19(2)25(18)20-8-6-7-9-20;1-7-13(6,8-2)11(15)9-10(14)12(3,4)5;/h10,12-17,20H,6-9H2,1-5H3;9,15H,7-8H2,1-6H3;/q-1;;/b;11-9-;. The van der Waals surface area contributed by atoms with Crippen LogP contribution in [0.1, 0.15) is 103 Å². The van der Waals surface area contributed by atoms with Crippen LogP contribution in [0, 0.1) is 30.7 Å². The van der Waals surface area contributed by atoms with E-state index >= 15 is 0 Å². The fourth-order valence-electron chi connectivity index (χ4n) is 6.62. The largest absolute Gasteiger partial charge is 0.512 e. The van der Waals surface area contributed by atoms with E-state index < -0.39 is 13.5 Å². The van der Waals surface area contributed by atoms with E-state index in [0.29, 0.717) is 5.92 Å². The molecule has 1 fully saturated rings. The van der Waals surface area contributed by atoms with Gasteiger partial charge in [-0.25, -0.2) is 4.98 Å². The van der Waals surface area contributed by atoms with Crippen molar-refractivity contribution in [1.82, 2.24) is 9.97 Å². The molecule has 1 aromatic heterocycles. The quantitative estimate of drug-likeness (QED) is 0.0663. The molecule has 1 aliphatic rings. The third kappa shape index (κ3) is 8.50. The number of aryl methyl sites for hydroxylation is 2. The molecule has 47 heavy (non-hydrogen) atoms. The first-order valence-corrected chi connectivity index (χ1v) is 20.7. The van der Waals surface area contributed by atoms with Crippen molar-refractivity contribution in [2.75, 3.05) is 0 Å². The van der Waals surface area contributed by atoms with E-state index in [0.717, 1.165) is 35.0 Å². The second kappa shape index (κ2) is 15.3. The molecule has 1 radical (unpaired) electrons. The van der Waals surface area contributed by atoms with Gasteiger partial charge in [0.05, 0.1) is 5.52 Å². The Kier molecular flexibility index (Phi) is 12.6. The van der Waals surface area contributed by atoms with Crippen molar-refractivity contribution in [3.05, 3.63) is 77.3 Å². The van der Waals surface area contributed by atoms with Gasteiger partial charge >= 0.3 is 0 Å². The molecule has 5 rings (SSSR count). The van der Waals surface area contributed by atoms with Gasteiger partial charge in [0, 0.05) is 50.5 Å². The van der Waals surface area contributed by atoms with Crippen LogP contribution in [-0.2, 0) is 24.9 Å². The first kappa shape index (κ1) is 38.8. The molecule has 0 aliphatic heterocycles. The molecule has 0 saturated heterocycles. The van der Waals surface area contributed by atoms with Gasteiger partial charge in [0.1, 0.15) is 12.1 Å². The number of benzene rings is 3. The molecular formula is C41H55IrN2O2Si-. The van der Waals surface area contributed by atoms with E-state index in [1.165, 1.54) is 58.8 Å². The minimum absolute atomic E-state index is 0. The molecule has 0 atom stereocenters. The molecule has 255 valence electrons. The normalized spacial score (nSPS) is 14.6. The Morgan fingerprint density at radius 3 is 2.17 bits per heavy atom. The Bertz CT molecular complexity index is 1740. The second-order valence-corrected chi connectivity index (χ2v) is 20.7. The number of hydrogen-bond acceptors (Lipinski definition) is 4. The molecule has 6 heteroatoms. The number of carbonyl (C=O) groups excluding carboxylic acids is 1. The molecule has 0 bridgehead atoms. The number of ketones is 1. The number of fused-ring (bicyclic) bond motifs is 3. The van der Waals surface area contributed by atoms with Crippen LogP contribution in [0.4, 0.5) is 0 Å². The average Bonchev–Trinajstić information content (AvgIpc) is 3.54. The maximum Gasteiger partial charge on any atom is 0.164 e. The monoisotopic (exact) mass is 828 g/mol. The molecule has 0 spiro atoms. The van der Waals surface area contributed by atoms with Gasteiger partial charge in [0.25, 0.3) is 0 Å². The third-order valence-electron chi connectivity index (χ3n) is 10.3. The van der Waals surface area contributed by atoms with Crippen molar-refractivity contribution >= 4 is 40.7 Å². The number of allylic oxidation sites excluding steroid dienone is 2. The van der Waals surface area contributed by atoms with Gasteiger partial charge in [-0.3, -0.25) is 9.78 Å². The molecular weight excluding hydrogens is 773 g/mol. The Labute approximate surface area is 298 Å². The summed E-state index contributed by atoms with van der Waals surface area (Å²) >= 11 is 0. The molecule has 0 amide bonds. The predicted octanol–water partition coefficient (Wildman–Crippen LogP) is 10.9. The van der Waals surface area contributed by atoms with Crippen LogP contribution in [0.25, 0.3) is 32.9 Å². The first-order valence-electron chi connectivity index (χ1n) is 17.2. The zero-order valence-electron chi connectivity index (χ0n) is 30.5. The number of carbonyl (C=O) groups is 1. The maximum atomic E-state index is 11.7. The van der Waals surface area contributed by atoms with Crippen LogP contribution in [0.2, 0.25) is 19.6 Å². The van der Waals surface area contributed by atoms with E-state index in [2.05, 4.69) is 76.0 Å². The summed E-state index contributed by atoms with van der Waals surface area (Å²) in [6, 6.07) is 17.0. The Hall–Kier alpha value is -2.66. The van der Waals surface area contributed by atoms with E-state index in [1.807, 2.05) is 41.5 Å². The van der Waals surface area contributed by atoms with Crippen molar-refractivity contribution in [3.8, 4) is 11.3 Å². The molecule has 1 heterocycles. The number of hydrogen-bond donors (Lipinski definition) is 1. The smallest absolute Gasteiger partial charge is 0.164 e. The summed E-state index contributed by atoms with van der Waals surface area (Å²) in [5.41, 5.74) is 6.82. The molecule has 0 unspecified atom stereocenters.